The van der Waals surface area contributed by atoms with Gasteiger partial charge in [-0.05, 0) is 49.6 Å². The number of thioether (sulfide) groups is 1. The van der Waals surface area contributed by atoms with Crippen molar-refractivity contribution in [3.05, 3.63) is 53.1 Å². The molecule has 7 nitrogen and oxygen atoms in total. The van der Waals surface area contributed by atoms with Gasteiger partial charge in [0.25, 0.3) is 5.91 Å². The molecule has 0 N–H and O–H groups in total. The van der Waals surface area contributed by atoms with E-state index in [0.29, 0.717) is 27.4 Å². The molecule has 1 aromatic carbocycles. The molecule has 0 atom stereocenters. The Balaban J connectivity index is 1.59. The number of carbonyl (C=O) groups is 2. The molecule has 0 spiro atoms. The van der Waals surface area contributed by atoms with Gasteiger partial charge in [-0.1, -0.05) is 23.4 Å². The number of benzene rings is 1. The molecule has 0 bridgehead atoms. The van der Waals surface area contributed by atoms with Crippen molar-refractivity contribution in [1.82, 2.24) is 4.90 Å². The molecule has 1 saturated heterocycles. The fraction of sp³-hybridized carbons (Fsp3) is 0.318. The SMILES string of the molecule is COc1ccc(N2C(=O)/C(=C\c3ccco3)N=C2SCC(=O)N2CCCCC2)cc1Cl. The van der Waals surface area contributed by atoms with Crippen LogP contribution in [0.1, 0.15) is 25.0 Å². The summed E-state index contributed by atoms with van der Waals surface area (Å²) in [6.07, 6.45) is 6.33. The standard InChI is InChI=1S/C22H22ClN3O4S/c1-29-19-8-7-15(12-17(19)23)26-21(28)18(13-16-6-5-11-30-16)24-22(26)31-14-20(27)25-9-3-2-4-10-25/h5-8,11-13H,2-4,9-10,14H2,1H3/b18-13+. The maximum atomic E-state index is 13.2. The lowest BCUT2D eigenvalue weighted by atomic mass is 10.1. The number of piperidine rings is 1. The number of carbonyl (C=O) groups excluding carboxylic acids is 2. The lowest BCUT2D eigenvalue weighted by molar-refractivity contribution is -0.129. The highest BCUT2D eigenvalue weighted by molar-refractivity contribution is 8.14. The Bertz CT molecular complexity index is 1030. The van der Waals surface area contributed by atoms with Gasteiger partial charge in [-0.3, -0.25) is 14.5 Å². The highest BCUT2D eigenvalue weighted by Gasteiger charge is 2.33. The molecule has 0 radical (unpaired) electrons. The lowest BCUT2D eigenvalue weighted by Crippen LogP contribution is -2.38. The summed E-state index contributed by atoms with van der Waals surface area (Å²) >= 11 is 7.53. The molecule has 0 unspecified atom stereocenters. The number of aliphatic imine (C=N–C) groups is 1. The van der Waals surface area contributed by atoms with Gasteiger partial charge < -0.3 is 14.1 Å². The molecule has 9 heteroatoms. The van der Waals surface area contributed by atoms with E-state index in [-0.39, 0.29) is 23.3 Å². The first-order valence-electron chi connectivity index (χ1n) is 9.99. The molecule has 4 rings (SSSR count). The number of likely N-dealkylation sites (tertiary alicyclic amines) is 1. The molecule has 3 heterocycles. The summed E-state index contributed by atoms with van der Waals surface area (Å²) in [6.45, 7) is 1.57. The molecule has 2 aliphatic heterocycles. The first-order valence-corrected chi connectivity index (χ1v) is 11.4. The largest absolute Gasteiger partial charge is 0.495 e. The van der Waals surface area contributed by atoms with Gasteiger partial charge >= 0.3 is 0 Å². The monoisotopic (exact) mass is 459 g/mol. The van der Waals surface area contributed by atoms with Crippen molar-refractivity contribution < 1.29 is 18.7 Å². The van der Waals surface area contributed by atoms with E-state index < -0.39 is 0 Å². The maximum absolute atomic E-state index is 13.2. The molecule has 2 aliphatic rings. The van der Waals surface area contributed by atoms with Crippen molar-refractivity contribution >= 4 is 52.1 Å². The van der Waals surface area contributed by atoms with E-state index in [1.807, 2.05) is 4.90 Å². The first kappa shape index (κ1) is 21.5. The van der Waals surface area contributed by atoms with E-state index in [4.69, 9.17) is 20.8 Å². The van der Waals surface area contributed by atoms with Crippen LogP contribution in [0.3, 0.4) is 0 Å². The molecular weight excluding hydrogens is 438 g/mol. The average Bonchev–Trinajstić information content (AvgIpc) is 3.41. The second-order valence-corrected chi connectivity index (χ2v) is 8.48. The second kappa shape index (κ2) is 9.62. The molecular formula is C22H22ClN3O4S. The Kier molecular flexibility index (Phi) is 6.67. The summed E-state index contributed by atoms with van der Waals surface area (Å²) in [7, 11) is 1.53. The number of anilines is 1. The number of amidine groups is 1. The van der Waals surface area contributed by atoms with Crippen molar-refractivity contribution in [3.8, 4) is 5.75 Å². The number of rotatable bonds is 5. The number of hydrogen-bond donors (Lipinski definition) is 0. The Labute approximate surface area is 189 Å². The predicted molar refractivity (Wildman–Crippen MR) is 122 cm³/mol. The van der Waals surface area contributed by atoms with Crippen LogP contribution in [0.2, 0.25) is 5.02 Å². The first-order chi connectivity index (χ1) is 15.1. The highest BCUT2D eigenvalue weighted by Crippen LogP contribution is 2.34. The summed E-state index contributed by atoms with van der Waals surface area (Å²) in [4.78, 5) is 33.7. The van der Waals surface area contributed by atoms with E-state index in [0.717, 1.165) is 32.4 Å². The molecule has 0 aliphatic carbocycles. The van der Waals surface area contributed by atoms with Crippen molar-refractivity contribution in [2.75, 3.05) is 30.9 Å². The summed E-state index contributed by atoms with van der Waals surface area (Å²) in [5, 5.41) is 0.805. The summed E-state index contributed by atoms with van der Waals surface area (Å²) in [5.41, 5.74) is 0.783. The molecule has 0 saturated carbocycles. The van der Waals surface area contributed by atoms with Crippen LogP contribution in [-0.4, -0.2) is 47.8 Å². The van der Waals surface area contributed by atoms with Crippen LogP contribution in [0, 0.1) is 0 Å². The maximum Gasteiger partial charge on any atom is 0.283 e. The van der Waals surface area contributed by atoms with Gasteiger partial charge in [0.1, 0.15) is 17.2 Å². The number of ether oxygens (including phenoxy) is 1. The highest BCUT2D eigenvalue weighted by atomic mass is 35.5. The Morgan fingerprint density at radius 3 is 2.77 bits per heavy atom. The minimum atomic E-state index is -0.314. The molecule has 31 heavy (non-hydrogen) atoms. The van der Waals surface area contributed by atoms with Crippen molar-refractivity contribution in [2.24, 2.45) is 4.99 Å². The minimum absolute atomic E-state index is 0.0519. The minimum Gasteiger partial charge on any atom is -0.495 e. The lowest BCUT2D eigenvalue weighted by Gasteiger charge is -2.27. The normalized spacial score (nSPS) is 17.9. The number of furan rings is 1. The van der Waals surface area contributed by atoms with Gasteiger partial charge in [-0.25, -0.2) is 4.99 Å². The third-order valence-electron chi connectivity index (χ3n) is 5.08. The third-order valence-corrected chi connectivity index (χ3v) is 6.30. The Morgan fingerprint density at radius 1 is 1.29 bits per heavy atom. The van der Waals surface area contributed by atoms with Crippen LogP contribution >= 0.6 is 23.4 Å². The van der Waals surface area contributed by atoms with Crippen molar-refractivity contribution in [1.29, 1.82) is 0 Å². The fourth-order valence-electron chi connectivity index (χ4n) is 3.48. The third kappa shape index (κ3) is 4.80. The van der Waals surface area contributed by atoms with Gasteiger partial charge in [0, 0.05) is 19.2 Å². The van der Waals surface area contributed by atoms with Crippen LogP contribution in [0.4, 0.5) is 5.69 Å². The van der Waals surface area contributed by atoms with Gasteiger partial charge in [0.05, 0.1) is 29.8 Å². The van der Waals surface area contributed by atoms with Crippen LogP contribution in [0.25, 0.3) is 6.08 Å². The van der Waals surface area contributed by atoms with Gasteiger partial charge in [-0.2, -0.15) is 0 Å². The van der Waals surface area contributed by atoms with Crippen molar-refractivity contribution in [2.45, 2.75) is 19.3 Å². The fourth-order valence-corrected chi connectivity index (χ4v) is 4.65. The van der Waals surface area contributed by atoms with Crippen LogP contribution in [-0.2, 0) is 9.59 Å². The van der Waals surface area contributed by atoms with E-state index >= 15 is 0 Å². The number of amides is 2. The van der Waals surface area contributed by atoms with Gasteiger partial charge in [0.15, 0.2) is 5.17 Å². The zero-order valence-corrected chi connectivity index (χ0v) is 18.6. The van der Waals surface area contributed by atoms with Gasteiger partial charge in [-0.15, -0.1) is 0 Å². The van der Waals surface area contributed by atoms with E-state index in [1.165, 1.54) is 30.0 Å². The zero-order chi connectivity index (χ0) is 21.8. The van der Waals surface area contributed by atoms with Crippen LogP contribution in [0.15, 0.2) is 51.7 Å². The van der Waals surface area contributed by atoms with Gasteiger partial charge in [0.2, 0.25) is 5.91 Å². The summed E-state index contributed by atoms with van der Waals surface area (Å²) in [5.74, 6) is 0.979. The van der Waals surface area contributed by atoms with Crippen LogP contribution < -0.4 is 9.64 Å². The zero-order valence-electron chi connectivity index (χ0n) is 17.0. The van der Waals surface area contributed by atoms with Crippen LogP contribution in [0.5, 0.6) is 5.75 Å². The number of nitrogens with zero attached hydrogens (tertiary/aromatic N) is 3. The summed E-state index contributed by atoms with van der Waals surface area (Å²) < 4.78 is 10.5. The molecule has 1 fully saturated rings. The quantitative estimate of drug-likeness (QED) is 0.618. The average molecular weight is 460 g/mol. The predicted octanol–water partition coefficient (Wildman–Crippen LogP) is 4.43. The molecule has 162 valence electrons. The topological polar surface area (TPSA) is 75.3 Å². The Hall–Kier alpha value is -2.71. The molecule has 2 amide bonds. The number of halogens is 1. The smallest absolute Gasteiger partial charge is 0.283 e. The Morgan fingerprint density at radius 2 is 2.10 bits per heavy atom. The molecule has 1 aromatic heterocycles. The van der Waals surface area contributed by atoms with E-state index in [1.54, 1.807) is 36.4 Å². The number of hydrogen-bond acceptors (Lipinski definition) is 6. The summed E-state index contributed by atoms with van der Waals surface area (Å²) in [6, 6.07) is 8.57. The number of methoxy groups -OCH3 is 1. The van der Waals surface area contributed by atoms with E-state index in [9.17, 15) is 9.59 Å². The second-order valence-electron chi connectivity index (χ2n) is 7.13. The van der Waals surface area contributed by atoms with E-state index in [2.05, 4.69) is 4.99 Å². The molecule has 2 aromatic rings. The van der Waals surface area contributed by atoms with Crippen molar-refractivity contribution in [3.63, 3.8) is 0 Å².